The lowest BCUT2D eigenvalue weighted by Crippen LogP contribution is -2.35. The molecular formula is C107H75N3O16. The first kappa shape index (κ1) is 112. The van der Waals surface area contributed by atoms with Crippen molar-refractivity contribution in [1.82, 2.24) is 9.80 Å². The summed E-state index contributed by atoms with van der Waals surface area (Å²) in [6.45, 7) is 17.4. The van der Waals surface area contributed by atoms with Gasteiger partial charge in [-0.25, -0.2) is 9.59 Å². The van der Waals surface area contributed by atoms with Gasteiger partial charge in [-0.3, -0.25) is 38.6 Å². The van der Waals surface area contributed by atoms with Crippen LogP contribution in [0.4, 0.5) is 0 Å². The monoisotopic (exact) mass is 1660 g/mol. The van der Waals surface area contributed by atoms with E-state index in [9.17, 15) is 38.4 Å². The summed E-state index contributed by atoms with van der Waals surface area (Å²) in [6, 6.07) is 0. The van der Waals surface area contributed by atoms with Crippen LogP contribution in [0.2, 0.25) is 0 Å². The Hall–Kier alpha value is -18.3. The maximum absolute atomic E-state index is 12.9. The molecule has 614 valence electrons. The molecule has 19 nitrogen and oxygen atoms in total. The number of β-amino-alcohol motifs (C(OH)–C–C–N with tert-alkyl or cyclic N) is 1. The molecule has 0 aromatic rings. The Labute approximate surface area is 741 Å². The number of amides is 4. The van der Waals surface area contributed by atoms with Crippen LogP contribution in [0.15, 0.2) is 24.8 Å². The first-order valence-corrected chi connectivity index (χ1v) is 37.0. The van der Waals surface area contributed by atoms with Gasteiger partial charge in [0.2, 0.25) is 23.6 Å². The average molecular weight is 1660 g/mol. The standard InChI is InChI=1S/C29H23NO4.C27H19NO3.C25H14O3.C18H4.C4H2O3.C2H7NO.C2H4O.H2O/c1-4-7-8-9-10-11-12-13-14-15-16-17-18-19-20-25(5-2)27-26(6-3)28(32)30(29(27)33)21-23-34-24-22-31;1-4-7-8-9-10-11-12-13-14-15-16-17-18-19-20-23(5-2)25-24(6-3)26(30)28(21-22-29)27(25)31;1-4-7-8-9-10-11-12-13-14-15-16-17-18-19-20-21(5-2)23-22(6-3)24(26)28-25(23)27;1-3-5-7-9-11-13-15-17-18-16-14-12-10-8-6-4-2;5-3-1-2-4(6)7-3;3-1-2-4;1-2-3-1;/h1,25-27,31H,5-6,21-24H2,2-3H3;1,23-25,29H,5-6,21-22H2,2-3H3;1,21-23H,5-6H2,2-3H3;1,4H,2H2;1-2H;4H,1-3H2;1-2H2;1H2. The molecule has 7 N–H and O–H groups in total. The van der Waals surface area contributed by atoms with Gasteiger partial charge in [0, 0.05) is 36.5 Å². The van der Waals surface area contributed by atoms with Gasteiger partial charge < -0.3 is 45.5 Å². The lowest BCUT2D eigenvalue weighted by molar-refractivity contribution is -0.154. The number of cyclic esters (lactones) is 4. The average Bonchev–Trinajstić information content (AvgIpc) is 1.65. The van der Waals surface area contributed by atoms with Gasteiger partial charge in [0.15, 0.2) is 0 Å². The quantitative estimate of drug-likeness (QED) is 0.0399. The lowest BCUT2D eigenvalue weighted by atomic mass is 9.81. The summed E-state index contributed by atoms with van der Waals surface area (Å²) in [6.07, 6.45) is 26.8. The number of allylic oxidation sites excluding steroid dienone is 1. The predicted molar refractivity (Wildman–Crippen MR) is 477 cm³/mol. The fourth-order valence-corrected chi connectivity index (χ4v) is 9.31. The third-order valence-electron chi connectivity index (χ3n) is 14.4. The number of aliphatic hydroxyl groups is 3. The van der Waals surface area contributed by atoms with E-state index in [2.05, 4.69) is 371 Å². The smallest absolute Gasteiger partial charge is 0.338 e. The van der Waals surface area contributed by atoms with Crippen molar-refractivity contribution < 1.29 is 78.1 Å². The van der Waals surface area contributed by atoms with E-state index in [0.29, 0.717) is 45.1 Å². The van der Waals surface area contributed by atoms with E-state index in [4.69, 9.17) is 56.2 Å². The highest BCUT2D eigenvalue weighted by Crippen LogP contribution is 2.37. The lowest BCUT2D eigenvalue weighted by Gasteiger charge is -2.19. The van der Waals surface area contributed by atoms with Crippen molar-refractivity contribution in [1.29, 1.82) is 0 Å². The SMILES string of the molecule is C#CC#CC#CC#CC#CC#CC#CC#CC(CC)C1C(=O)N(CCO)C(=O)C1CC.C#CC#CC#CC#CC#CC#CC#CC#CC(CC)C1C(=O)N(CCOCCO)C(=O)C1CC.C#CC#CC#CC#CC#CC#CC#CC#CC(CC)C1C(=O)OC(=O)C1CC.C#CC#CC#CC#CC#CC#CC#CC#CC=C.C1CO1.NCCO.O.O=C1C=CC(=O)O1. The number of ether oxygens (including phenoxy) is 4. The summed E-state index contributed by atoms with van der Waals surface area (Å²) in [5, 5.41) is 25.6. The van der Waals surface area contributed by atoms with E-state index < -0.39 is 59.4 Å². The Balaban J connectivity index is -0.00000153. The van der Waals surface area contributed by atoms with Crippen molar-refractivity contribution in [2.24, 2.45) is 59.0 Å². The van der Waals surface area contributed by atoms with E-state index in [0.717, 1.165) is 30.3 Å². The van der Waals surface area contributed by atoms with E-state index in [1.54, 1.807) is 0 Å². The third kappa shape index (κ3) is 55.3. The second kappa shape index (κ2) is 80.5. The number of terminal acetylenes is 4. The topological polar surface area (TPSA) is 301 Å². The molecule has 0 saturated carbocycles. The number of imide groups is 2. The Morgan fingerprint density at radius 1 is 0.373 bits per heavy atom. The molecule has 5 aliphatic rings. The predicted octanol–water partition coefficient (Wildman–Crippen LogP) is 1.34. The van der Waals surface area contributed by atoms with Crippen molar-refractivity contribution in [3.63, 3.8) is 0 Å². The Bertz CT molecular complexity index is 6200. The fraction of sp³-hybridized carbons (Fsp3) is 0.290. The van der Waals surface area contributed by atoms with Crippen molar-refractivity contribution in [3.05, 3.63) is 24.8 Å². The Kier molecular flexibility index (Phi) is 71.4. The summed E-state index contributed by atoms with van der Waals surface area (Å²) < 4.78 is 18.4. The Morgan fingerprint density at radius 2 is 0.635 bits per heavy atom. The van der Waals surface area contributed by atoms with Crippen molar-refractivity contribution in [2.45, 2.75) is 80.1 Å². The van der Waals surface area contributed by atoms with Gasteiger partial charge in [0.25, 0.3) is 0 Å². The molecular weight excluding hydrogens is 1580 g/mol. The molecule has 5 aliphatic heterocycles. The van der Waals surface area contributed by atoms with Crippen molar-refractivity contribution in [2.75, 3.05) is 65.9 Å². The number of hydrogen-bond acceptors (Lipinski definition) is 16. The number of nitrogens with zero attached hydrogens (tertiary/aromatic N) is 2. The molecule has 4 saturated heterocycles. The molecule has 0 aliphatic carbocycles. The molecule has 9 atom stereocenters. The zero-order chi connectivity index (χ0) is 92.7. The molecule has 19 heteroatoms. The van der Waals surface area contributed by atoms with Crippen LogP contribution >= 0.6 is 0 Å². The first-order valence-electron chi connectivity index (χ1n) is 37.0. The fourth-order valence-electron chi connectivity index (χ4n) is 9.31. The molecule has 0 aromatic carbocycles. The van der Waals surface area contributed by atoms with Crippen LogP contribution in [0.25, 0.3) is 0 Å². The highest BCUT2D eigenvalue weighted by molar-refractivity contribution is 6.06. The molecule has 126 heavy (non-hydrogen) atoms. The van der Waals surface area contributed by atoms with Crippen LogP contribution in [0, 0.1) is 434 Å². The van der Waals surface area contributed by atoms with Gasteiger partial charge in [-0.1, -0.05) is 71.8 Å². The molecule has 0 radical (unpaired) electrons. The maximum atomic E-state index is 12.9. The van der Waals surface area contributed by atoms with Gasteiger partial charge in [-0.15, -0.1) is 25.7 Å². The second-order valence-corrected chi connectivity index (χ2v) is 22.2. The molecule has 4 amide bonds. The van der Waals surface area contributed by atoms with Gasteiger partial charge in [0.1, 0.15) is 0 Å². The first-order chi connectivity index (χ1) is 61.0. The molecule has 0 spiro atoms. The van der Waals surface area contributed by atoms with Crippen LogP contribution in [-0.4, -0.2) is 144 Å². The van der Waals surface area contributed by atoms with Crippen LogP contribution in [0.1, 0.15) is 80.1 Å². The summed E-state index contributed by atoms with van der Waals surface area (Å²) >= 11 is 0. The molecule has 5 rings (SSSR count). The number of likely N-dealkylation sites (tertiary alicyclic amines) is 2. The van der Waals surface area contributed by atoms with Crippen LogP contribution < -0.4 is 5.73 Å². The normalized spacial score (nSPS) is 14.2. The summed E-state index contributed by atoms with van der Waals surface area (Å²) in [4.78, 5) is 96.5. The number of hydrogen-bond donors (Lipinski definition) is 4. The van der Waals surface area contributed by atoms with E-state index in [1.165, 1.54) is 11.0 Å². The van der Waals surface area contributed by atoms with Gasteiger partial charge in [-0.2, -0.15) is 0 Å². The molecule has 9 unspecified atom stereocenters. The number of carbonyl (C=O) groups is 8. The Morgan fingerprint density at radius 3 is 0.857 bits per heavy atom. The maximum Gasteiger partial charge on any atom is 0.338 e. The van der Waals surface area contributed by atoms with Gasteiger partial charge in [0.05, 0.1) is 94.8 Å². The molecule has 0 bridgehead atoms. The molecule has 4 fully saturated rings. The largest absolute Gasteiger partial charge is 0.412 e. The highest BCUT2D eigenvalue weighted by Gasteiger charge is 2.50. The van der Waals surface area contributed by atoms with Gasteiger partial charge >= 0.3 is 23.9 Å². The van der Waals surface area contributed by atoms with E-state index >= 15 is 0 Å². The van der Waals surface area contributed by atoms with E-state index in [-0.39, 0.29) is 93.0 Å². The van der Waals surface area contributed by atoms with E-state index in [1.807, 2.05) is 41.5 Å². The molecule has 0 aromatic heterocycles. The summed E-state index contributed by atoms with van der Waals surface area (Å²) in [5.74, 6) is 143. The second-order valence-electron chi connectivity index (χ2n) is 22.2. The van der Waals surface area contributed by atoms with Crippen LogP contribution in [0.5, 0.6) is 0 Å². The number of aliphatic hydroxyl groups excluding tert-OH is 3. The van der Waals surface area contributed by atoms with Crippen LogP contribution in [0.3, 0.4) is 0 Å². The summed E-state index contributed by atoms with van der Waals surface area (Å²) in [7, 11) is 0. The minimum absolute atomic E-state index is 0. The number of esters is 4. The number of nitrogens with two attached hydrogens (primary N) is 1. The van der Waals surface area contributed by atoms with Crippen LogP contribution in [-0.2, 0) is 57.3 Å². The zero-order valence-electron chi connectivity index (χ0n) is 69.5. The number of carbonyl (C=O) groups excluding carboxylic acids is 8. The highest BCUT2D eigenvalue weighted by atomic mass is 16.6. The van der Waals surface area contributed by atoms with Crippen molar-refractivity contribution >= 4 is 47.5 Å². The minimum Gasteiger partial charge on any atom is -0.412 e. The number of epoxide rings is 1. The number of rotatable bonds is 17. The minimum atomic E-state index is -0.579. The zero-order valence-corrected chi connectivity index (χ0v) is 69.5. The summed E-state index contributed by atoms with van der Waals surface area (Å²) in [5.41, 5.74) is 4.78. The molecule has 5 heterocycles. The third-order valence-corrected chi connectivity index (χ3v) is 14.4. The van der Waals surface area contributed by atoms with Gasteiger partial charge in [-0.05, 0) is 376 Å². The van der Waals surface area contributed by atoms with Crippen molar-refractivity contribution in [3.8, 4) is 381 Å².